The molecule has 4 heterocycles. The lowest BCUT2D eigenvalue weighted by atomic mass is 10.0. The second-order valence-electron chi connectivity index (χ2n) is 6.20. The van der Waals surface area contributed by atoms with Gasteiger partial charge in [-0.05, 0) is 30.2 Å². The van der Waals surface area contributed by atoms with Crippen LogP contribution in [0, 0.1) is 0 Å². The molecule has 0 radical (unpaired) electrons. The standard InChI is InChI=1S/C19H16ClN5O/c20-16-5-4-13-18(24-16)15(10-21-13)23-19-22-14-3-1-2-12(17(14)25-19)11-6-8-26-9-7-11/h1-6,10,21H,7-9H2,(H2,22,23,25). The first-order chi connectivity index (χ1) is 12.8. The molecular weight excluding hydrogens is 350 g/mol. The molecule has 6 nitrogen and oxygen atoms in total. The van der Waals surface area contributed by atoms with Gasteiger partial charge in [-0.2, -0.15) is 0 Å². The van der Waals surface area contributed by atoms with Gasteiger partial charge in [0.15, 0.2) is 0 Å². The van der Waals surface area contributed by atoms with Gasteiger partial charge in [0, 0.05) is 11.8 Å². The van der Waals surface area contributed by atoms with Gasteiger partial charge in [0.2, 0.25) is 5.95 Å². The maximum Gasteiger partial charge on any atom is 0.205 e. The van der Waals surface area contributed by atoms with Crippen LogP contribution < -0.4 is 5.32 Å². The zero-order valence-corrected chi connectivity index (χ0v) is 14.6. The van der Waals surface area contributed by atoms with E-state index in [1.807, 2.05) is 24.4 Å². The van der Waals surface area contributed by atoms with Gasteiger partial charge >= 0.3 is 0 Å². The normalized spacial score (nSPS) is 14.7. The molecule has 0 atom stereocenters. The fraction of sp³-hybridized carbons (Fsp3) is 0.158. The highest BCUT2D eigenvalue weighted by atomic mass is 35.5. The summed E-state index contributed by atoms with van der Waals surface area (Å²) in [5.74, 6) is 0.669. The Morgan fingerprint density at radius 2 is 2.04 bits per heavy atom. The number of pyridine rings is 1. The van der Waals surface area contributed by atoms with Crippen LogP contribution in [0.2, 0.25) is 5.15 Å². The lowest BCUT2D eigenvalue weighted by molar-refractivity contribution is 0.161. The van der Waals surface area contributed by atoms with Gasteiger partial charge in [0.05, 0.1) is 35.5 Å². The van der Waals surface area contributed by atoms with Crippen LogP contribution in [0.5, 0.6) is 0 Å². The van der Waals surface area contributed by atoms with Crippen LogP contribution in [0.3, 0.4) is 0 Å². The summed E-state index contributed by atoms with van der Waals surface area (Å²) in [5.41, 5.74) is 6.90. The topological polar surface area (TPSA) is 78.6 Å². The first-order valence-electron chi connectivity index (χ1n) is 8.44. The van der Waals surface area contributed by atoms with E-state index in [1.54, 1.807) is 6.07 Å². The van der Waals surface area contributed by atoms with Crippen LogP contribution in [0.1, 0.15) is 12.0 Å². The smallest absolute Gasteiger partial charge is 0.205 e. The molecule has 26 heavy (non-hydrogen) atoms. The molecule has 0 amide bonds. The molecule has 1 aromatic carbocycles. The number of hydrogen-bond donors (Lipinski definition) is 3. The third kappa shape index (κ3) is 2.64. The molecular formula is C19H16ClN5O. The first kappa shape index (κ1) is 15.4. The Morgan fingerprint density at radius 3 is 2.92 bits per heavy atom. The SMILES string of the molecule is Clc1ccc2[nH]cc(Nc3nc4c(C5=CCOCC5)cccc4[nH]3)c2n1. The number of halogens is 1. The number of nitrogens with one attached hydrogen (secondary N) is 3. The second kappa shape index (κ2) is 6.16. The van der Waals surface area contributed by atoms with Crippen LogP contribution in [0.15, 0.2) is 42.6 Å². The minimum Gasteiger partial charge on any atom is -0.377 e. The number of aromatic nitrogens is 4. The van der Waals surface area contributed by atoms with Crippen molar-refractivity contribution in [3.63, 3.8) is 0 Å². The van der Waals surface area contributed by atoms with E-state index in [4.69, 9.17) is 21.3 Å². The molecule has 0 spiro atoms. The monoisotopic (exact) mass is 365 g/mol. The second-order valence-corrected chi connectivity index (χ2v) is 6.59. The van der Waals surface area contributed by atoms with Gasteiger partial charge < -0.3 is 20.0 Å². The lowest BCUT2D eigenvalue weighted by Gasteiger charge is -2.13. The molecule has 0 unspecified atom stereocenters. The lowest BCUT2D eigenvalue weighted by Crippen LogP contribution is -2.04. The Bertz CT molecular complexity index is 1140. The molecule has 3 N–H and O–H groups in total. The zero-order chi connectivity index (χ0) is 17.5. The molecule has 0 saturated carbocycles. The number of nitrogens with zero attached hydrogens (tertiary/aromatic N) is 2. The average molecular weight is 366 g/mol. The van der Waals surface area contributed by atoms with Gasteiger partial charge in [-0.25, -0.2) is 9.97 Å². The Kier molecular flexibility index (Phi) is 3.65. The maximum absolute atomic E-state index is 6.03. The summed E-state index contributed by atoms with van der Waals surface area (Å²) in [5, 5.41) is 3.77. The van der Waals surface area contributed by atoms with Crippen LogP contribution in [-0.4, -0.2) is 33.1 Å². The molecule has 0 saturated heterocycles. The summed E-state index contributed by atoms with van der Waals surface area (Å²) in [7, 11) is 0. The number of aromatic amines is 2. The number of hydrogen-bond acceptors (Lipinski definition) is 4. The van der Waals surface area contributed by atoms with Crippen molar-refractivity contribution >= 4 is 50.9 Å². The van der Waals surface area contributed by atoms with Gasteiger partial charge in [0.1, 0.15) is 10.7 Å². The molecule has 1 aliphatic heterocycles. The van der Waals surface area contributed by atoms with Crippen LogP contribution in [-0.2, 0) is 4.74 Å². The van der Waals surface area contributed by atoms with Crippen molar-refractivity contribution in [3.8, 4) is 0 Å². The van der Waals surface area contributed by atoms with Crippen molar-refractivity contribution in [2.75, 3.05) is 18.5 Å². The Morgan fingerprint density at radius 1 is 1.08 bits per heavy atom. The van der Waals surface area contributed by atoms with Crippen molar-refractivity contribution in [2.45, 2.75) is 6.42 Å². The van der Waals surface area contributed by atoms with Gasteiger partial charge in [-0.3, -0.25) is 0 Å². The third-order valence-corrected chi connectivity index (χ3v) is 4.77. The van der Waals surface area contributed by atoms with E-state index in [0.717, 1.165) is 46.3 Å². The third-order valence-electron chi connectivity index (χ3n) is 4.56. The predicted octanol–water partition coefficient (Wildman–Crippen LogP) is 4.64. The molecule has 0 bridgehead atoms. The number of rotatable bonds is 3. The highest BCUT2D eigenvalue weighted by molar-refractivity contribution is 6.29. The first-order valence-corrected chi connectivity index (χ1v) is 8.82. The highest BCUT2D eigenvalue weighted by Crippen LogP contribution is 2.30. The van der Waals surface area contributed by atoms with Crippen LogP contribution >= 0.6 is 11.6 Å². The Balaban J connectivity index is 1.55. The van der Waals surface area contributed by atoms with Crippen molar-refractivity contribution < 1.29 is 4.74 Å². The largest absolute Gasteiger partial charge is 0.377 e. The highest BCUT2D eigenvalue weighted by Gasteiger charge is 2.14. The van der Waals surface area contributed by atoms with E-state index in [0.29, 0.717) is 17.7 Å². The summed E-state index contributed by atoms with van der Waals surface area (Å²) in [6.07, 6.45) is 4.90. The summed E-state index contributed by atoms with van der Waals surface area (Å²) >= 11 is 6.03. The minimum atomic E-state index is 0.457. The zero-order valence-electron chi connectivity index (χ0n) is 13.8. The molecule has 7 heteroatoms. The van der Waals surface area contributed by atoms with Crippen molar-refractivity contribution in [2.24, 2.45) is 0 Å². The van der Waals surface area contributed by atoms with Crippen LogP contribution in [0.25, 0.3) is 27.6 Å². The molecule has 5 rings (SSSR count). The molecule has 3 aromatic heterocycles. The van der Waals surface area contributed by atoms with E-state index < -0.39 is 0 Å². The maximum atomic E-state index is 6.03. The van der Waals surface area contributed by atoms with Gasteiger partial charge in [-0.1, -0.05) is 29.8 Å². The number of fused-ring (bicyclic) bond motifs is 2. The summed E-state index contributed by atoms with van der Waals surface area (Å²) in [4.78, 5) is 15.7. The quantitative estimate of drug-likeness (QED) is 0.462. The molecule has 4 aromatic rings. The number of ether oxygens (including phenoxy) is 1. The molecule has 1 aliphatic rings. The van der Waals surface area contributed by atoms with E-state index in [1.165, 1.54) is 5.57 Å². The average Bonchev–Trinajstić information content (AvgIpc) is 3.26. The fourth-order valence-corrected chi connectivity index (χ4v) is 3.47. The van der Waals surface area contributed by atoms with Gasteiger partial charge in [-0.15, -0.1) is 0 Å². The van der Waals surface area contributed by atoms with Crippen molar-refractivity contribution in [1.29, 1.82) is 0 Å². The predicted molar refractivity (Wildman–Crippen MR) is 104 cm³/mol. The van der Waals surface area contributed by atoms with E-state index in [9.17, 15) is 0 Å². The van der Waals surface area contributed by atoms with Crippen molar-refractivity contribution in [1.82, 2.24) is 19.9 Å². The van der Waals surface area contributed by atoms with E-state index in [-0.39, 0.29) is 0 Å². The van der Waals surface area contributed by atoms with E-state index in [2.05, 4.69) is 32.4 Å². The number of H-pyrrole nitrogens is 2. The molecule has 130 valence electrons. The molecule has 0 fully saturated rings. The Labute approximate surface area is 154 Å². The molecule has 0 aliphatic carbocycles. The summed E-state index contributed by atoms with van der Waals surface area (Å²) in [6.45, 7) is 1.41. The van der Waals surface area contributed by atoms with Crippen molar-refractivity contribution in [3.05, 3.63) is 53.3 Å². The van der Waals surface area contributed by atoms with Crippen LogP contribution in [0.4, 0.5) is 11.6 Å². The number of benzene rings is 1. The number of imidazole rings is 1. The fourth-order valence-electron chi connectivity index (χ4n) is 3.32. The van der Waals surface area contributed by atoms with Gasteiger partial charge in [0.25, 0.3) is 0 Å². The van der Waals surface area contributed by atoms with E-state index >= 15 is 0 Å². The number of anilines is 2. The summed E-state index contributed by atoms with van der Waals surface area (Å²) < 4.78 is 5.42. The number of para-hydroxylation sites is 1. The summed E-state index contributed by atoms with van der Waals surface area (Å²) in [6, 6.07) is 9.85. The minimum absolute atomic E-state index is 0.457. The Hall–Kier alpha value is -2.83.